The molecule has 0 spiro atoms. The minimum atomic E-state index is 0.291. The first-order valence-corrected chi connectivity index (χ1v) is 7.97. The summed E-state index contributed by atoms with van der Waals surface area (Å²) in [5.74, 6) is 1.64. The summed E-state index contributed by atoms with van der Waals surface area (Å²) in [6.45, 7) is 0.835. The second-order valence-corrected chi connectivity index (χ2v) is 6.09. The maximum absolute atomic E-state index is 5.97. The zero-order valence-corrected chi connectivity index (χ0v) is 12.7. The maximum Gasteiger partial charge on any atom is 0.189 e. The Hall–Kier alpha value is -2.18. The van der Waals surface area contributed by atoms with Gasteiger partial charge in [-0.25, -0.2) is 4.98 Å². The highest BCUT2D eigenvalue weighted by Gasteiger charge is 2.16. The fraction of sp³-hybridized carbons (Fsp3) is 0.188. The lowest BCUT2D eigenvalue weighted by Crippen LogP contribution is -2.13. The van der Waals surface area contributed by atoms with Crippen LogP contribution < -0.4 is 10.5 Å². The number of nitrogens with one attached hydrogen (secondary N) is 1. The molecule has 3 aromatic rings. The second kappa shape index (κ2) is 5.55. The quantitative estimate of drug-likeness (QED) is 0.573. The summed E-state index contributed by atoms with van der Waals surface area (Å²) in [6.07, 6.45) is 0. The van der Waals surface area contributed by atoms with E-state index in [1.165, 1.54) is 0 Å². The van der Waals surface area contributed by atoms with Crippen molar-refractivity contribution in [2.45, 2.75) is 17.5 Å². The Labute approximate surface area is 131 Å². The van der Waals surface area contributed by atoms with E-state index in [2.05, 4.69) is 9.97 Å². The molecule has 0 saturated heterocycles. The van der Waals surface area contributed by atoms with Crippen molar-refractivity contribution in [3.05, 3.63) is 47.5 Å². The predicted octanol–water partition coefficient (Wildman–Crippen LogP) is 3.30. The third kappa shape index (κ3) is 2.51. The van der Waals surface area contributed by atoms with Crippen LogP contribution in [0.25, 0.3) is 11.0 Å². The predicted molar refractivity (Wildman–Crippen MR) is 86.8 cm³/mol. The fourth-order valence-corrected chi connectivity index (χ4v) is 3.43. The maximum atomic E-state index is 5.97. The van der Waals surface area contributed by atoms with Crippen LogP contribution >= 0.6 is 11.8 Å². The Morgan fingerprint density at radius 2 is 2.18 bits per heavy atom. The van der Waals surface area contributed by atoms with Crippen LogP contribution in [-0.4, -0.2) is 16.8 Å². The number of hydrogen-bond donors (Lipinski definition) is 2. The number of nitrogens with two attached hydrogens (primary N) is 1. The van der Waals surface area contributed by atoms with Crippen LogP contribution in [0.4, 0.5) is 5.69 Å². The number of hydrogen-bond acceptors (Lipinski definition) is 5. The number of thioether (sulfide) groups is 1. The van der Waals surface area contributed by atoms with E-state index in [9.17, 15) is 0 Å². The Morgan fingerprint density at radius 1 is 1.27 bits per heavy atom. The van der Waals surface area contributed by atoms with Crippen molar-refractivity contribution in [2.75, 3.05) is 12.5 Å². The van der Waals surface area contributed by atoms with Crippen LogP contribution in [0.5, 0.6) is 5.75 Å². The number of imidazole rings is 1. The molecule has 0 unspecified atom stereocenters. The van der Waals surface area contributed by atoms with Crippen molar-refractivity contribution in [2.24, 2.45) is 0 Å². The van der Waals surface area contributed by atoms with Gasteiger partial charge in [-0.15, -0.1) is 0 Å². The Kier molecular flexibility index (Phi) is 3.40. The van der Waals surface area contributed by atoms with Gasteiger partial charge in [-0.1, -0.05) is 23.9 Å². The number of benzene rings is 2. The molecule has 2 aromatic carbocycles. The van der Waals surface area contributed by atoms with Crippen molar-refractivity contribution >= 4 is 28.5 Å². The summed E-state index contributed by atoms with van der Waals surface area (Å²) in [7, 11) is 0. The Balaban J connectivity index is 1.59. The van der Waals surface area contributed by atoms with Crippen molar-refractivity contribution < 1.29 is 9.47 Å². The van der Waals surface area contributed by atoms with E-state index in [-0.39, 0.29) is 0 Å². The van der Waals surface area contributed by atoms with E-state index in [0.29, 0.717) is 13.4 Å². The molecule has 0 bridgehead atoms. The van der Waals surface area contributed by atoms with Gasteiger partial charge in [0.2, 0.25) is 0 Å². The van der Waals surface area contributed by atoms with Gasteiger partial charge in [-0.2, -0.15) is 0 Å². The first-order chi connectivity index (χ1) is 10.8. The molecular weight excluding hydrogens is 298 g/mol. The van der Waals surface area contributed by atoms with Crippen LogP contribution in [0.2, 0.25) is 0 Å². The molecule has 0 aliphatic carbocycles. The monoisotopic (exact) mass is 313 g/mol. The van der Waals surface area contributed by atoms with Gasteiger partial charge in [-0.05, 0) is 24.3 Å². The van der Waals surface area contributed by atoms with E-state index in [1.807, 2.05) is 36.4 Å². The number of nitrogens with zero attached hydrogens (tertiary/aromatic N) is 1. The van der Waals surface area contributed by atoms with E-state index >= 15 is 0 Å². The molecule has 2 heterocycles. The number of fused-ring (bicyclic) bond motifs is 2. The van der Waals surface area contributed by atoms with Gasteiger partial charge in [0, 0.05) is 22.6 Å². The molecule has 0 atom stereocenters. The molecule has 0 saturated carbocycles. The summed E-state index contributed by atoms with van der Waals surface area (Å²) in [5, 5.41) is 0.893. The summed E-state index contributed by atoms with van der Waals surface area (Å²) in [6, 6.07) is 11.9. The van der Waals surface area contributed by atoms with Crippen molar-refractivity contribution in [3.63, 3.8) is 0 Å². The van der Waals surface area contributed by atoms with Crippen LogP contribution in [0.15, 0.2) is 41.6 Å². The number of para-hydroxylation sites is 2. The average Bonchev–Trinajstić information content (AvgIpc) is 2.95. The molecule has 1 aromatic heterocycles. The SMILES string of the molecule is Nc1cc2c(c(CSc3nc4ccccc4[nH]3)c1)OCOC2. The zero-order valence-electron chi connectivity index (χ0n) is 11.8. The number of nitrogen functional groups attached to an aromatic ring is 1. The highest BCUT2D eigenvalue weighted by atomic mass is 32.2. The van der Waals surface area contributed by atoms with Gasteiger partial charge in [0.1, 0.15) is 5.75 Å². The van der Waals surface area contributed by atoms with Gasteiger partial charge >= 0.3 is 0 Å². The van der Waals surface area contributed by atoms with Crippen molar-refractivity contribution in [1.29, 1.82) is 0 Å². The zero-order chi connectivity index (χ0) is 14.9. The lowest BCUT2D eigenvalue weighted by molar-refractivity contribution is -0.0168. The highest BCUT2D eigenvalue weighted by molar-refractivity contribution is 7.98. The van der Waals surface area contributed by atoms with Crippen molar-refractivity contribution in [1.82, 2.24) is 9.97 Å². The normalized spacial score (nSPS) is 13.8. The van der Waals surface area contributed by atoms with Gasteiger partial charge in [0.05, 0.1) is 17.6 Å². The lowest BCUT2D eigenvalue weighted by atomic mass is 10.1. The number of rotatable bonds is 3. The molecule has 0 amide bonds. The summed E-state index contributed by atoms with van der Waals surface area (Å²) >= 11 is 1.64. The molecular formula is C16H15N3O2S. The van der Waals surface area contributed by atoms with Crippen LogP contribution in [-0.2, 0) is 17.1 Å². The highest BCUT2D eigenvalue weighted by Crippen LogP contribution is 2.34. The largest absolute Gasteiger partial charge is 0.467 e. The summed E-state index contributed by atoms with van der Waals surface area (Å²) in [4.78, 5) is 7.89. The second-order valence-electron chi connectivity index (χ2n) is 5.13. The third-order valence-electron chi connectivity index (χ3n) is 3.54. The van der Waals surface area contributed by atoms with Crippen LogP contribution in [0, 0.1) is 0 Å². The number of aromatic nitrogens is 2. The standard InChI is InChI=1S/C16H15N3O2S/c17-12-5-10-7-20-9-21-15(10)11(6-12)8-22-16-18-13-3-1-2-4-14(13)19-16/h1-6H,7-9,17H2,(H,18,19). The molecule has 112 valence electrons. The van der Waals surface area contributed by atoms with Gasteiger partial charge in [-0.3, -0.25) is 0 Å². The minimum Gasteiger partial charge on any atom is -0.467 e. The van der Waals surface area contributed by atoms with E-state index in [4.69, 9.17) is 15.2 Å². The third-order valence-corrected chi connectivity index (χ3v) is 4.46. The van der Waals surface area contributed by atoms with Gasteiger partial charge in [0.15, 0.2) is 11.9 Å². The Bertz CT molecular complexity index is 798. The van der Waals surface area contributed by atoms with Crippen LogP contribution in [0.3, 0.4) is 0 Å². The average molecular weight is 313 g/mol. The van der Waals surface area contributed by atoms with Crippen LogP contribution in [0.1, 0.15) is 11.1 Å². The molecule has 1 aliphatic heterocycles. The molecule has 4 rings (SSSR count). The van der Waals surface area contributed by atoms with E-state index in [0.717, 1.165) is 44.5 Å². The lowest BCUT2D eigenvalue weighted by Gasteiger charge is -2.21. The van der Waals surface area contributed by atoms with Gasteiger partial charge < -0.3 is 20.2 Å². The first-order valence-electron chi connectivity index (χ1n) is 6.99. The molecule has 0 radical (unpaired) electrons. The fourth-order valence-electron chi connectivity index (χ4n) is 2.58. The first kappa shape index (κ1) is 13.5. The van der Waals surface area contributed by atoms with Crippen molar-refractivity contribution in [3.8, 4) is 5.75 Å². The number of H-pyrrole nitrogens is 1. The molecule has 0 fully saturated rings. The Morgan fingerprint density at radius 3 is 3.09 bits per heavy atom. The summed E-state index contributed by atoms with van der Waals surface area (Å²) in [5.41, 5.74) is 10.8. The molecule has 6 heteroatoms. The topological polar surface area (TPSA) is 73.2 Å². The number of ether oxygens (including phenoxy) is 2. The molecule has 5 nitrogen and oxygen atoms in total. The minimum absolute atomic E-state index is 0.291. The number of aromatic amines is 1. The number of anilines is 1. The van der Waals surface area contributed by atoms with Gasteiger partial charge in [0.25, 0.3) is 0 Å². The summed E-state index contributed by atoms with van der Waals surface area (Å²) < 4.78 is 10.9. The molecule has 3 N–H and O–H groups in total. The van der Waals surface area contributed by atoms with E-state index in [1.54, 1.807) is 11.8 Å². The smallest absolute Gasteiger partial charge is 0.189 e. The molecule has 22 heavy (non-hydrogen) atoms. The molecule has 1 aliphatic rings. The van der Waals surface area contributed by atoms with E-state index < -0.39 is 0 Å².